The van der Waals surface area contributed by atoms with Crippen LogP contribution >= 0.6 is 0 Å². The van der Waals surface area contributed by atoms with Crippen LogP contribution < -0.4 is 20.1 Å². The Morgan fingerprint density at radius 1 is 0.871 bits per heavy atom. The summed E-state index contributed by atoms with van der Waals surface area (Å²) in [6, 6.07) is 15.0. The van der Waals surface area contributed by atoms with Crippen molar-refractivity contribution in [2.45, 2.75) is 45.8 Å². The van der Waals surface area contributed by atoms with Gasteiger partial charge < -0.3 is 20.1 Å². The zero-order valence-electron chi connectivity index (χ0n) is 18.5. The van der Waals surface area contributed by atoms with Crippen LogP contribution in [-0.2, 0) is 19.6 Å². The summed E-state index contributed by atoms with van der Waals surface area (Å²) in [5.41, 5.74) is 3.75. The number of fused-ring (bicyclic) bond motifs is 1. The molecule has 6 heteroatoms. The molecule has 0 radical (unpaired) electrons. The molecule has 1 fully saturated rings. The molecule has 1 saturated heterocycles. The van der Waals surface area contributed by atoms with Crippen LogP contribution in [0.5, 0.6) is 11.5 Å². The maximum Gasteiger partial charge on any atom is 0.191 e. The number of guanidine groups is 1. The number of likely N-dealkylation sites (tertiary alicyclic amines) is 1. The molecule has 2 aromatic rings. The minimum Gasteiger partial charge on any atom is -0.490 e. The van der Waals surface area contributed by atoms with Crippen molar-refractivity contribution in [3.05, 3.63) is 59.2 Å². The van der Waals surface area contributed by atoms with Crippen molar-refractivity contribution in [3.8, 4) is 11.5 Å². The molecule has 6 nitrogen and oxygen atoms in total. The number of aliphatic imine (C=N–C) groups is 1. The number of nitrogens with one attached hydrogen (secondary N) is 2. The van der Waals surface area contributed by atoms with E-state index < -0.39 is 0 Å². The zero-order valence-corrected chi connectivity index (χ0v) is 18.5. The fourth-order valence-corrected chi connectivity index (χ4v) is 3.97. The normalized spacial score (nSPS) is 16.7. The van der Waals surface area contributed by atoms with E-state index in [1.54, 1.807) is 0 Å². The molecule has 0 aromatic heterocycles. The van der Waals surface area contributed by atoms with E-state index >= 15 is 0 Å². The number of hydrogen-bond donors (Lipinski definition) is 2. The third-order valence-electron chi connectivity index (χ3n) is 5.66. The van der Waals surface area contributed by atoms with Gasteiger partial charge in [-0.3, -0.25) is 4.90 Å². The summed E-state index contributed by atoms with van der Waals surface area (Å²) in [6.07, 6.45) is 3.58. The molecular formula is C25H34N4O2. The van der Waals surface area contributed by atoms with Gasteiger partial charge in [0.15, 0.2) is 17.5 Å². The number of nitrogens with zero attached hydrogens (tertiary/aromatic N) is 2. The fourth-order valence-electron chi connectivity index (χ4n) is 3.97. The maximum absolute atomic E-state index is 5.79. The summed E-state index contributed by atoms with van der Waals surface area (Å²) < 4.78 is 11.5. The van der Waals surface area contributed by atoms with E-state index in [0.29, 0.717) is 19.8 Å². The minimum atomic E-state index is 0.584. The van der Waals surface area contributed by atoms with Crippen LogP contribution in [0.4, 0.5) is 0 Å². The lowest BCUT2D eigenvalue weighted by Gasteiger charge is -2.15. The highest BCUT2D eigenvalue weighted by Crippen LogP contribution is 2.30. The number of hydrogen-bond acceptors (Lipinski definition) is 4. The third-order valence-corrected chi connectivity index (χ3v) is 5.66. The first kappa shape index (κ1) is 21.5. The summed E-state index contributed by atoms with van der Waals surface area (Å²) in [7, 11) is 0. The van der Waals surface area contributed by atoms with Gasteiger partial charge in [0.2, 0.25) is 0 Å². The first-order valence-electron chi connectivity index (χ1n) is 11.5. The van der Waals surface area contributed by atoms with Gasteiger partial charge in [0.05, 0.1) is 19.8 Å². The lowest BCUT2D eigenvalue weighted by molar-refractivity contribution is 0.297. The van der Waals surface area contributed by atoms with Gasteiger partial charge in [-0.05, 0) is 61.7 Å². The van der Waals surface area contributed by atoms with Crippen molar-refractivity contribution in [2.24, 2.45) is 4.99 Å². The second-order valence-corrected chi connectivity index (χ2v) is 8.18. The molecule has 31 heavy (non-hydrogen) atoms. The lowest BCUT2D eigenvalue weighted by atomic mass is 10.1. The molecule has 0 unspecified atom stereocenters. The summed E-state index contributed by atoms with van der Waals surface area (Å²) in [4.78, 5) is 7.28. The maximum atomic E-state index is 5.79. The molecule has 166 valence electrons. The Morgan fingerprint density at radius 2 is 1.58 bits per heavy atom. The molecule has 2 aromatic carbocycles. The smallest absolute Gasteiger partial charge is 0.191 e. The zero-order chi connectivity index (χ0) is 21.3. The highest BCUT2D eigenvalue weighted by atomic mass is 16.5. The standard InChI is InChI=1S/C25H34N4O2/c1-2-26-25(28-18-22-10-11-23-24(16-22)31-15-5-14-30-23)27-17-20-6-8-21(9-7-20)19-29-12-3-4-13-29/h6-11,16H,2-5,12-15,17-19H2,1H3,(H2,26,27,28). The average Bonchev–Trinajstić information content (AvgIpc) is 3.19. The van der Waals surface area contributed by atoms with E-state index in [1.165, 1.54) is 37.1 Å². The molecule has 4 rings (SSSR count). The van der Waals surface area contributed by atoms with E-state index in [0.717, 1.165) is 49.1 Å². The molecule has 2 heterocycles. The summed E-state index contributed by atoms with van der Waals surface area (Å²) in [5.74, 6) is 2.45. The predicted octanol–water partition coefficient (Wildman–Crippen LogP) is 3.70. The van der Waals surface area contributed by atoms with Crippen LogP contribution in [0.25, 0.3) is 0 Å². The van der Waals surface area contributed by atoms with Gasteiger partial charge in [0.25, 0.3) is 0 Å². The predicted molar refractivity (Wildman–Crippen MR) is 125 cm³/mol. The van der Waals surface area contributed by atoms with Crippen LogP contribution in [-0.4, -0.2) is 43.7 Å². The van der Waals surface area contributed by atoms with Crippen LogP contribution in [0.15, 0.2) is 47.5 Å². The molecular weight excluding hydrogens is 388 g/mol. The van der Waals surface area contributed by atoms with Gasteiger partial charge in [-0.25, -0.2) is 4.99 Å². The highest BCUT2D eigenvalue weighted by molar-refractivity contribution is 5.79. The molecule has 0 amide bonds. The van der Waals surface area contributed by atoms with Gasteiger partial charge in [-0.2, -0.15) is 0 Å². The van der Waals surface area contributed by atoms with Crippen molar-refractivity contribution in [3.63, 3.8) is 0 Å². The molecule has 2 N–H and O–H groups in total. The van der Waals surface area contributed by atoms with Crippen LogP contribution in [0, 0.1) is 0 Å². The number of rotatable bonds is 7. The Morgan fingerprint density at radius 3 is 2.35 bits per heavy atom. The van der Waals surface area contributed by atoms with Crippen LogP contribution in [0.2, 0.25) is 0 Å². The van der Waals surface area contributed by atoms with E-state index in [1.807, 2.05) is 12.1 Å². The van der Waals surface area contributed by atoms with E-state index in [4.69, 9.17) is 14.5 Å². The van der Waals surface area contributed by atoms with Gasteiger partial charge in [-0.15, -0.1) is 0 Å². The molecule has 0 spiro atoms. The second-order valence-electron chi connectivity index (χ2n) is 8.18. The number of ether oxygens (including phenoxy) is 2. The van der Waals surface area contributed by atoms with E-state index in [-0.39, 0.29) is 0 Å². The molecule has 0 bridgehead atoms. The molecule has 0 saturated carbocycles. The van der Waals surface area contributed by atoms with Crippen LogP contribution in [0.1, 0.15) is 42.9 Å². The Hall–Kier alpha value is -2.73. The average molecular weight is 423 g/mol. The van der Waals surface area contributed by atoms with Crippen molar-refractivity contribution in [1.29, 1.82) is 0 Å². The van der Waals surface area contributed by atoms with Gasteiger partial charge in [-0.1, -0.05) is 30.3 Å². The van der Waals surface area contributed by atoms with Crippen molar-refractivity contribution in [1.82, 2.24) is 15.5 Å². The SMILES string of the molecule is CCNC(=NCc1ccc2c(c1)OCCCO2)NCc1ccc(CN2CCCC2)cc1. The summed E-state index contributed by atoms with van der Waals surface area (Å²) >= 11 is 0. The Labute approximate surface area is 185 Å². The van der Waals surface area contributed by atoms with Gasteiger partial charge in [0.1, 0.15) is 0 Å². The van der Waals surface area contributed by atoms with Crippen molar-refractivity contribution in [2.75, 3.05) is 32.8 Å². The Balaban J connectivity index is 1.32. The first-order chi connectivity index (χ1) is 15.3. The number of benzene rings is 2. The molecule has 0 atom stereocenters. The monoisotopic (exact) mass is 422 g/mol. The first-order valence-corrected chi connectivity index (χ1v) is 11.5. The largest absolute Gasteiger partial charge is 0.490 e. The minimum absolute atomic E-state index is 0.584. The topological polar surface area (TPSA) is 58.1 Å². The van der Waals surface area contributed by atoms with Gasteiger partial charge in [0, 0.05) is 26.1 Å². The van der Waals surface area contributed by atoms with Crippen molar-refractivity contribution >= 4 is 5.96 Å². The quantitative estimate of drug-likeness (QED) is 0.526. The third kappa shape index (κ3) is 6.37. The molecule has 0 aliphatic carbocycles. The summed E-state index contributed by atoms with van der Waals surface area (Å²) in [6.45, 7) is 9.16. The Bertz CT molecular complexity index is 860. The van der Waals surface area contributed by atoms with Crippen molar-refractivity contribution < 1.29 is 9.47 Å². The highest BCUT2D eigenvalue weighted by Gasteiger charge is 2.12. The fraction of sp³-hybridized carbons (Fsp3) is 0.480. The van der Waals surface area contributed by atoms with Gasteiger partial charge >= 0.3 is 0 Å². The van der Waals surface area contributed by atoms with Crippen LogP contribution in [0.3, 0.4) is 0 Å². The molecule has 2 aliphatic rings. The lowest BCUT2D eigenvalue weighted by Crippen LogP contribution is -2.36. The van der Waals surface area contributed by atoms with E-state index in [9.17, 15) is 0 Å². The Kier molecular flexibility index (Phi) is 7.66. The van der Waals surface area contributed by atoms with E-state index in [2.05, 4.69) is 52.8 Å². The second kappa shape index (κ2) is 11.0. The molecule has 2 aliphatic heterocycles. The summed E-state index contributed by atoms with van der Waals surface area (Å²) in [5, 5.41) is 6.78.